The Hall–Kier alpha value is -2.61. The number of aromatic nitrogens is 5. The fourth-order valence-corrected chi connectivity index (χ4v) is 4.19. The van der Waals surface area contributed by atoms with Gasteiger partial charge in [0, 0.05) is 17.5 Å². The van der Waals surface area contributed by atoms with Crippen molar-refractivity contribution in [3.8, 4) is 5.69 Å². The summed E-state index contributed by atoms with van der Waals surface area (Å²) in [6.07, 6.45) is 2.30. The van der Waals surface area contributed by atoms with Crippen molar-refractivity contribution in [3.05, 3.63) is 47.9 Å². The normalized spacial score (nSPS) is 15.2. The summed E-state index contributed by atoms with van der Waals surface area (Å²) in [5.41, 5.74) is 1.71. The number of carbonyl (C=O) groups is 1. The first-order chi connectivity index (χ1) is 14.2. The lowest BCUT2D eigenvalue weighted by molar-refractivity contribution is -0.115. The summed E-state index contributed by atoms with van der Waals surface area (Å²) in [5.74, 6) is 1.49. The number of aryl methyl sites for hydroxylation is 1. The maximum atomic E-state index is 13.0. The Morgan fingerprint density at radius 1 is 1.20 bits per heavy atom. The minimum Gasteiger partial charge on any atom is -0.310 e. The molecule has 4 rings (SSSR count). The highest BCUT2D eigenvalue weighted by Gasteiger charge is 2.30. The third kappa shape index (κ3) is 4.28. The van der Waals surface area contributed by atoms with E-state index in [9.17, 15) is 4.79 Å². The van der Waals surface area contributed by atoms with Gasteiger partial charge in [-0.3, -0.25) is 4.79 Å². The average Bonchev–Trinajstić information content (AvgIpc) is 3.33. The Kier molecular flexibility index (Phi) is 5.44. The molecule has 3 aromatic rings. The van der Waals surface area contributed by atoms with Crippen LogP contribution in [0.25, 0.3) is 5.69 Å². The van der Waals surface area contributed by atoms with Gasteiger partial charge < -0.3 is 9.88 Å². The number of nitrogens with one attached hydrogen (secondary N) is 1. The van der Waals surface area contributed by atoms with E-state index in [1.54, 1.807) is 4.68 Å². The second-order valence-corrected chi connectivity index (χ2v) is 10.1. The van der Waals surface area contributed by atoms with Crippen LogP contribution in [-0.4, -0.2) is 35.7 Å². The minimum atomic E-state index is -0.316. The molecule has 1 fully saturated rings. The molecule has 1 aliphatic rings. The number of nitrogens with zero attached hydrogens (tertiary/aromatic N) is 5. The molecule has 1 aromatic carbocycles. The molecule has 1 unspecified atom stereocenters. The third-order valence-corrected chi connectivity index (χ3v) is 6.19. The average molecular weight is 425 g/mol. The Bertz CT molecular complexity index is 1050. The summed E-state index contributed by atoms with van der Waals surface area (Å²) in [4.78, 5) is 13.0. The van der Waals surface area contributed by atoms with Crippen molar-refractivity contribution in [1.29, 1.82) is 0 Å². The second kappa shape index (κ2) is 7.91. The van der Waals surface area contributed by atoms with Crippen LogP contribution < -0.4 is 5.32 Å². The summed E-state index contributed by atoms with van der Waals surface area (Å²) in [6, 6.07) is 12.3. The van der Waals surface area contributed by atoms with Gasteiger partial charge in [0.1, 0.15) is 11.6 Å². The highest BCUT2D eigenvalue weighted by molar-refractivity contribution is 8.00. The predicted molar refractivity (Wildman–Crippen MR) is 119 cm³/mol. The van der Waals surface area contributed by atoms with Crippen LogP contribution in [0.3, 0.4) is 0 Å². The molecule has 0 spiro atoms. The van der Waals surface area contributed by atoms with E-state index in [2.05, 4.69) is 40.9 Å². The van der Waals surface area contributed by atoms with E-state index < -0.39 is 0 Å². The monoisotopic (exact) mass is 424 g/mol. The molecule has 2 aromatic heterocycles. The number of benzene rings is 1. The zero-order valence-electron chi connectivity index (χ0n) is 18.1. The zero-order valence-corrected chi connectivity index (χ0v) is 18.9. The molecule has 1 amide bonds. The van der Waals surface area contributed by atoms with Gasteiger partial charge in [-0.25, -0.2) is 4.68 Å². The number of anilines is 1. The lowest BCUT2D eigenvalue weighted by Crippen LogP contribution is -2.24. The summed E-state index contributed by atoms with van der Waals surface area (Å²) in [7, 11) is 0. The Labute approximate surface area is 181 Å². The molecule has 0 saturated heterocycles. The molecule has 1 aliphatic carbocycles. The molecular weight excluding hydrogens is 396 g/mol. The van der Waals surface area contributed by atoms with Crippen molar-refractivity contribution in [1.82, 2.24) is 24.5 Å². The number of amides is 1. The molecule has 30 heavy (non-hydrogen) atoms. The van der Waals surface area contributed by atoms with Gasteiger partial charge >= 0.3 is 0 Å². The highest BCUT2D eigenvalue weighted by Crippen LogP contribution is 2.39. The number of para-hydroxylation sites is 1. The highest BCUT2D eigenvalue weighted by atomic mass is 32.2. The Morgan fingerprint density at radius 3 is 2.53 bits per heavy atom. The number of hydrogen-bond donors (Lipinski definition) is 1. The van der Waals surface area contributed by atoms with Crippen molar-refractivity contribution < 1.29 is 4.79 Å². The van der Waals surface area contributed by atoms with Crippen LogP contribution in [0, 0.1) is 6.92 Å². The van der Waals surface area contributed by atoms with E-state index >= 15 is 0 Å². The van der Waals surface area contributed by atoms with Crippen LogP contribution in [0.1, 0.15) is 58.1 Å². The molecule has 1 N–H and O–H groups in total. The summed E-state index contributed by atoms with van der Waals surface area (Å²) in [6.45, 7) is 10.2. The lowest BCUT2D eigenvalue weighted by Gasteiger charge is -2.14. The van der Waals surface area contributed by atoms with E-state index in [1.807, 2.05) is 50.2 Å². The zero-order chi connectivity index (χ0) is 21.5. The second-order valence-electron chi connectivity index (χ2n) is 8.79. The SMILES string of the molecule is Cc1nnc(SC(C)C(=O)Nc2cc(C(C)(C)C)nn2-c2ccccc2)n1C1CC1. The van der Waals surface area contributed by atoms with E-state index in [0.29, 0.717) is 11.9 Å². The van der Waals surface area contributed by atoms with Crippen molar-refractivity contribution in [2.45, 2.75) is 69.3 Å². The molecule has 7 nitrogen and oxygen atoms in total. The molecule has 1 atom stereocenters. The standard InChI is InChI=1S/C22H28N6OS/c1-14(30-21-25-24-15(2)27(21)16-11-12-16)20(29)23-19-13-18(22(3,4)5)26-28(19)17-9-7-6-8-10-17/h6-10,13-14,16H,11-12H2,1-5H3,(H,23,29). The van der Waals surface area contributed by atoms with Gasteiger partial charge in [0.15, 0.2) is 5.16 Å². The first-order valence-electron chi connectivity index (χ1n) is 10.3. The summed E-state index contributed by atoms with van der Waals surface area (Å²) < 4.78 is 3.95. The Morgan fingerprint density at radius 2 is 1.90 bits per heavy atom. The molecule has 8 heteroatoms. The molecule has 158 valence electrons. The summed E-state index contributed by atoms with van der Waals surface area (Å²) in [5, 5.41) is 16.8. The summed E-state index contributed by atoms with van der Waals surface area (Å²) >= 11 is 1.45. The minimum absolute atomic E-state index is 0.0828. The van der Waals surface area contributed by atoms with E-state index in [4.69, 9.17) is 5.10 Å². The van der Waals surface area contributed by atoms with Crippen LogP contribution in [0.15, 0.2) is 41.6 Å². The quantitative estimate of drug-likeness (QED) is 0.589. The smallest absolute Gasteiger partial charge is 0.238 e. The molecule has 2 heterocycles. The van der Waals surface area contributed by atoms with Crippen LogP contribution in [0.2, 0.25) is 0 Å². The number of rotatable bonds is 6. The van der Waals surface area contributed by atoms with Crippen LogP contribution in [-0.2, 0) is 10.2 Å². The van der Waals surface area contributed by atoms with E-state index in [0.717, 1.165) is 35.2 Å². The van der Waals surface area contributed by atoms with Gasteiger partial charge in [-0.05, 0) is 38.8 Å². The molecule has 1 saturated carbocycles. The van der Waals surface area contributed by atoms with Gasteiger partial charge in [-0.1, -0.05) is 50.7 Å². The Balaban J connectivity index is 1.56. The van der Waals surface area contributed by atoms with Gasteiger partial charge in [-0.2, -0.15) is 5.10 Å². The van der Waals surface area contributed by atoms with Crippen LogP contribution in [0.5, 0.6) is 0 Å². The van der Waals surface area contributed by atoms with Gasteiger partial charge in [-0.15, -0.1) is 10.2 Å². The molecular formula is C22H28N6OS. The fraction of sp³-hybridized carbons (Fsp3) is 0.455. The van der Waals surface area contributed by atoms with E-state index in [1.165, 1.54) is 11.8 Å². The van der Waals surface area contributed by atoms with Gasteiger partial charge in [0.2, 0.25) is 5.91 Å². The number of carbonyl (C=O) groups excluding carboxylic acids is 1. The van der Waals surface area contributed by atoms with Crippen molar-refractivity contribution in [3.63, 3.8) is 0 Å². The fourth-order valence-electron chi connectivity index (χ4n) is 3.23. The third-order valence-electron chi connectivity index (χ3n) is 5.13. The van der Waals surface area contributed by atoms with Crippen LogP contribution >= 0.6 is 11.8 Å². The van der Waals surface area contributed by atoms with Gasteiger partial charge in [0.05, 0.1) is 16.6 Å². The van der Waals surface area contributed by atoms with E-state index in [-0.39, 0.29) is 16.6 Å². The molecule has 0 aliphatic heterocycles. The topological polar surface area (TPSA) is 77.6 Å². The van der Waals surface area contributed by atoms with Crippen LogP contribution in [0.4, 0.5) is 5.82 Å². The first kappa shape index (κ1) is 20.7. The number of thioether (sulfide) groups is 1. The lowest BCUT2D eigenvalue weighted by atomic mass is 9.92. The van der Waals surface area contributed by atoms with Crippen molar-refractivity contribution in [2.75, 3.05) is 5.32 Å². The maximum Gasteiger partial charge on any atom is 0.238 e. The largest absolute Gasteiger partial charge is 0.310 e. The molecule has 0 radical (unpaired) electrons. The van der Waals surface area contributed by atoms with Gasteiger partial charge in [0.25, 0.3) is 0 Å². The molecule has 0 bridgehead atoms. The predicted octanol–water partition coefficient (Wildman–Crippen LogP) is 4.52. The van der Waals surface area contributed by atoms with Crippen molar-refractivity contribution >= 4 is 23.5 Å². The maximum absolute atomic E-state index is 13.0. The first-order valence-corrected chi connectivity index (χ1v) is 11.2. The van der Waals surface area contributed by atoms with Crippen molar-refractivity contribution in [2.24, 2.45) is 0 Å². The number of hydrogen-bond acceptors (Lipinski definition) is 5.